The first-order valence-corrected chi connectivity index (χ1v) is 4.94. The van der Waals surface area contributed by atoms with Crippen molar-refractivity contribution in [3.8, 4) is 0 Å². The van der Waals surface area contributed by atoms with Gasteiger partial charge in [-0.3, -0.25) is 4.79 Å². The molecule has 0 aliphatic rings. The van der Waals surface area contributed by atoms with Crippen molar-refractivity contribution >= 4 is 18.4 Å². The number of methoxy groups -OCH3 is 1. The first-order valence-electron chi connectivity index (χ1n) is 4.94. The average molecular weight is 302 g/mol. The fraction of sp³-hybridized carbons (Fsp3) is 0.364. The smallest absolute Gasteiger partial charge is 0.419 e. The molecule has 0 saturated carbocycles. The Labute approximate surface area is 113 Å². The Morgan fingerprint density at radius 3 is 2.42 bits per heavy atom. The van der Waals surface area contributed by atoms with Gasteiger partial charge in [-0.2, -0.15) is 13.2 Å². The molecule has 1 rings (SSSR count). The van der Waals surface area contributed by atoms with E-state index in [9.17, 15) is 22.4 Å². The zero-order valence-electron chi connectivity index (χ0n) is 9.83. The van der Waals surface area contributed by atoms with Gasteiger partial charge in [-0.25, -0.2) is 4.39 Å². The highest BCUT2D eigenvalue weighted by Gasteiger charge is 2.34. The molecule has 0 fully saturated rings. The quantitative estimate of drug-likeness (QED) is 0.690. The van der Waals surface area contributed by atoms with Gasteiger partial charge in [-0.15, -0.1) is 12.4 Å². The highest BCUT2D eigenvalue weighted by molar-refractivity contribution is 5.85. The van der Waals surface area contributed by atoms with Crippen LogP contribution in [-0.4, -0.2) is 13.1 Å². The van der Waals surface area contributed by atoms with Gasteiger partial charge in [0.15, 0.2) is 0 Å². The summed E-state index contributed by atoms with van der Waals surface area (Å²) in [5, 5.41) is 0. The van der Waals surface area contributed by atoms with E-state index in [2.05, 4.69) is 4.74 Å². The van der Waals surface area contributed by atoms with E-state index in [0.29, 0.717) is 12.1 Å². The van der Waals surface area contributed by atoms with Crippen LogP contribution in [0, 0.1) is 5.82 Å². The summed E-state index contributed by atoms with van der Waals surface area (Å²) in [6, 6.07) is 1.41. The molecule has 0 bridgehead atoms. The standard InChI is InChI=1S/C11H11F4NO2.ClH/c1-18-10(17)5-9(16)6-2-3-7(8(12)4-6)11(13,14)15;/h2-4,9H,5,16H2,1H3;1H/t9-;/m1./s1. The molecule has 8 heteroatoms. The van der Waals surface area contributed by atoms with Gasteiger partial charge in [0, 0.05) is 6.04 Å². The van der Waals surface area contributed by atoms with E-state index >= 15 is 0 Å². The lowest BCUT2D eigenvalue weighted by atomic mass is 10.0. The zero-order chi connectivity index (χ0) is 13.9. The number of nitrogens with two attached hydrogens (primary N) is 1. The van der Waals surface area contributed by atoms with Gasteiger partial charge in [-0.05, 0) is 17.7 Å². The third kappa shape index (κ3) is 4.68. The van der Waals surface area contributed by atoms with Gasteiger partial charge in [0.2, 0.25) is 0 Å². The largest absolute Gasteiger partial charge is 0.469 e. The van der Waals surface area contributed by atoms with Crippen LogP contribution in [0.1, 0.15) is 23.6 Å². The summed E-state index contributed by atoms with van der Waals surface area (Å²) in [7, 11) is 1.16. The van der Waals surface area contributed by atoms with Crippen molar-refractivity contribution in [1.29, 1.82) is 0 Å². The second kappa shape index (κ2) is 6.72. The second-order valence-corrected chi connectivity index (χ2v) is 3.62. The molecule has 0 heterocycles. The Kier molecular flexibility index (Phi) is 6.24. The Bertz CT molecular complexity index is 451. The van der Waals surface area contributed by atoms with Crippen molar-refractivity contribution in [3.63, 3.8) is 0 Å². The predicted octanol–water partition coefficient (Wildman–Crippen LogP) is 2.83. The number of carbonyl (C=O) groups is 1. The highest BCUT2D eigenvalue weighted by Crippen LogP contribution is 2.32. The van der Waals surface area contributed by atoms with Crippen molar-refractivity contribution in [1.82, 2.24) is 0 Å². The van der Waals surface area contributed by atoms with Gasteiger partial charge in [0.05, 0.1) is 19.1 Å². The molecule has 0 radical (unpaired) electrons. The van der Waals surface area contributed by atoms with Crippen molar-refractivity contribution in [3.05, 3.63) is 35.1 Å². The molecule has 19 heavy (non-hydrogen) atoms. The Morgan fingerprint density at radius 1 is 1.42 bits per heavy atom. The second-order valence-electron chi connectivity index (χ2n) is 3.62. The maximum atomic E-state index is 13.2. The summed E-state index contributed by atoms with van der Waals surface area (Å²) in [5.74, 6) is -2.04. The number of carbonyl (C=O) groups excluding carboxylic acids is 1. The molecule has 0 aliphatic carbocycles. The van der Waals surface area contributed by atoms with Crippen LogP contribution in [0.15, 0.2) is 18.2 Å². The summed E-state index contributed by atoms with van der Waals surface area (Å²) in [6.07, 6.45) is -4.99. The van der Waals surface area contributed by atoms with Crippen LogP contribution in [-0.2, 0) is 15.7 Å². The molecule has 108 valence electrons. The summed E-state index contributed by atoms with van der Waals surface area (Å²) in [4.78, 5) is 10.9. The lowest BCUT2D eigenvalue weighted by Gasteiger charge is -2.13. The van der Waals surface area contributed by atoms with Gasteiger partial charge in [0.1, 0.15) is 5.82 Å². The Morgan fingerprint density at radius 2 is 2.00 bits per heavy atom. The van der Waals surface area contributed by atoms with Crippen molar-refractivity contribution in [2.75, 3.05) is 7.11 Å². The van der Waals surface area contributed by atoms with Crippen LogP contribution in [0.5, 0.6) is 0 Å². The fourth-order valence-electron chi connectivity index (χ4n) is 1.37. The highest BCUT2D eigenvalue weighted by atomic mass is 35.5. The topological polar surface area (TPSA) is 52.3 Å². The number of ether oxygens (including phenoxy) is 1. The molecule has 0 spiro atoms. The number of halogens is 5. The van der Waals surface area contributed by atoms with Gasteiger partial charge in [-0.1, -0.05) is 6.07 Å². The van der Waals surface area contributed by atoms with Gasteiger partial charge >= 0.3 is 12.1 Å². The molecule has 0 aromatic heterocycles. The summed E-state index contributed by atoms with van der Waals surface area (Å²) >= 11 is 0. The molecule has 3 nitrogen and oxygen atoms in total. The lowest BCUT2D eigenvalue weighted by Crippen LogP contribution is -2.17. The van der Waals surface area contributed by atoms with E-state index in [1.165, 1.54) is 0 Å². The summed E-state index contributed by atoms with van der Waals surface area (Å²) in [6.45, 7) is 0. The molecule has 1 aromatic carbocycles. The first-order chi connectivity index (χ1) is 8.25. The average Bonchev–Trinajstić information content (AvgIpc) is 2.26. The maximum absolute atomic E-state index is 13.2. The number of alkyl halides is 3. The predicted molar refractivity (Wildman–Crippen MR) is 62.2 cm³/mol. The van der Waals surface area contributed by atoms with Crippen LogP contribution in [0.2, 0.25) is 0 Å². The number of hydrogen-bond donors (Lipinski definition) is 1. The molecule has 0 amide bonds. The molecule has 1 aromatic rings. The van der Waals surface area contributed by atoms with Crippen LogP contribution in [0.3, 0.4) is 0 Å². The summed E-state index contributed by atoms with van der Waals surface area (Å²) < 4.78 is 54.5. The van der Waals surface area contributed by atoms with Crippen molar-refractivity contribution in [2.45, 2.75) is 18.6 Å². The van der Waals surface area contributed by atoms with Crippen LogP contribution in [0.4, 0.5) is 17.6 Å². The molecule has 0 aliphatic heterocycles. The van der Waals surface area contributed by atoms with Crippen LogP contribution < -0.4 is 5.73 Å². The van der Waals surface area contributed by atoms with Crippen LogP contribution >= 0.6 is 12.4 Å². The third-order valence-electron chi connectivity index (χ3n) is 2.34. The monoisotopic (exact) mass is 301 g/mol. The summed E-state index contributed by atoms with van der Waals surface area (Å²) in [5.41, 5.74) is 4.29. The molecule has 0 saturated heterocycles. The fourth-order valence-corrected chi connectivity index (χ4v) is 1.37. The number of esters is 1. The molecular weight excluding hydrogens is 290 g/mol. The number of benzene rings is 1. The van der Waals surface area contributed by atoms with E-state index in [0.717, 1.165) is 13.2 Å². The van der Waals surface area contributed by atoms with Crippen LogP contribution in [0.25, 0.3) is 0 Å². The minimum Gasteiger partial charge on any atom is -0.469 e. The zero-order valence-corrected chi connectivity index (χ0v) is 10.6. The number of hydrogen-bond acceptors (Lipinski definition) is 3. The first kappa shape index (κ1) is 17.7. The van der Waals surface area contributed by atoms with Crippen molar-refractivity contribution in [2.24, 2.45) is 5.73 Å². The molecule has 0 unspecified atom stereocenters. The van der Waals surface area contributed by atoms with E-state index in [4.69, 9.17) is 5.73 Å². The molecule has 1 atom stereocenters. The Balaban J connectivity index is 0.00000324. The molecular formula is C11H12ClF4NO2. The minimum atomic E-state index is -4.75. The minimum absolute atomic E-state index is 0. The van der Waals surface area contributed by atoms with Gasteiger partial charge in [0.25, 0.3) is 0 Å². The lowest BCUT2D eigenvalue weighted by molar-refractivity contribution is -0.141. The third-order valence-corrected chi connectivity index (χ3v) is 2.34. The Hall–Kier alpha value is -1.34. The van der Waals surface area contributed by atoms with E-state index < -0.39 is 29.6 Å². The van der Waals surface area contributed by atoms with E-state index in [1.807, 2.05) is 0 Å². The molecule has 2 N–H and O–H groups in total. The van der Waals surface area contributed by atoms with E-state index in [1.54, 1.807) is 0 Å². The normalized spacial score (nSPS) is 12.5. The SMILES string of the molecule is COC(=O)C[C@@H](N)c1ccc(C(F)(F)F)c(F)c1.Cl. The maximum Gasteiger partial charge on any atom is 0.419 e. The van der Waals surface area contributed by atoms with Gasteiger partial charge < -0.3 is 10.5 Å². The van der Waals surface area contributed by atoms with Crippen molar-refractivity contribution < 1.29 is 27.1 Å². The van der Waals surface area contributed by atoms with E-state index in [-0.39, 0.29) is 24.4 Å². The number of rotatable bonds is 3.